The Morgan fingerprint density at radius 3 is 2.58 bits per heavy atom. The molecule has 0 bridgehead atoms. The summed E-state index contributed by atoms with van der Waals surface area (Å²) in [5.41, 5.74) is 1.59. The average molecular weight is 185 g/mol. The number of hydrogen-bond acceptors (Lipinski definition) is 1. The Balaban J connectivity index is 3.18. The van der Waals surface area contributed by atoms with Crippen molar-refractivity contribution in [3.05, 3.63) is 23.5 Å². The van der Waals surface area contributed by atoms with Crippen molar-refractivity contribution < 1.29 is 4.39 Å². The van der Waals surface area contributed by atoms with Crippen molar-refractivity contribution in [2.45, 2.75) is 13.3 Å². The van der Waals surface area contributed by atoms with E-state index in [1.807, 2.05) is 13.0 Å². The quantitative estimate of drug-likeness (QED) is 0.694. The molecule has 1 rings (SSSR count). The fraction of sp³-hybridized carbons (Fsp3) is 0.333. The van der Waals surface area contributed by atoms with Crippen LogP contribution >= 0.6 is 9.24 Å². The maximum absolute atomic E-state index is 13.2. The van der Waals surface area contributed by atoms with Gasteiger partial charge in [0.25, 0.3) is 0 Å². The molecule has 12 heavy (non-hydrogen) atoms. The Hall–Kier alpha value is -0.620. The van der Waals surface area contributed by atoms with Gasteiger partial charge < -0.3 is 5.32 Å². The first-order valence-corrected chi connectivity index (χ1v) is 4.52. The van der Waals surface area contributed by atoms with E-state index in [4.69, 9.17) is 0 Å². The van der Waals surface area contributed by atoms with E-state index < -0.39 is 0 Å². The summed E-state index contributed by atoms with van der Waals surface area (Å²) in [4.78, 5) is 0. The third kappa shape index (κ3) is 1.75. The van der Waals surface area contributed by atoms with E-state index in [-0.39, 0.29) is 5.82 Å². The molecule has 1 N–H and O–H groups in total. The van der Waals surface area contributed by atoms with E-state index in [1.54, 1.807) is 7.05 Å². The largest absolute Gasteiger partial charge is 0.388 e. The van der Waals surface area contributed by atoms with Crippen LogP contribution in [0.1, 0.15) is 12.5 Å². The van der Waals surface area contributed by atoms with E-state index in [0.29, 0.717) is 0 Å². The van der Waals surface area contributed by atoms with Crippen LogP contribution < -0.4 is 10.6 Å². The Bertz CT molecular complexity index is 263. The van der Waals surface area contributed by atoms with Crippen molar-refractivity contribution in [2.75, 3.05) is 12.4 Å². The minimum Gasteiger partial charge on any atom is -0.388 e. The summed E-state index contributed by atoms with van der Waals surface area (Å²) in [5.74, 6) is -0.130. The Kier molecular flexibility index (Phi) is 3.05. The van der Waals surface area contributed by atoms with Crippen LogP contribution in [0.2, 0.25) is 0 Å². The highest BCUT2D eigenvalue weighted by atomic mass is 31.0. The smallest absolute Gasteiger partial charge is 0.129 e. The van der Waals surface area contributed by atoms with Gasteiger partial charge in [-0.25, -0.2) is 4.39 Å². The van der Waals surface area contributed by atoms with Crippen LogP contribution in [0.4, 0.5) is 10.1 Å². The van der Waals surface area contributed by atoms with Crippen LogP contribution in [0.5, 0.6) is 0 Å². The van der Waals surface area contributed by atoms with E-state index in [1.165, 1.54) is 6.07 Å². The number of nitrogens with one attached hydrogen (secondary N) is 1. The number of hydrogen-bond donors (Lipinski definition) is 1. The average Bonchev–Trinajstić information content (AvgIpc) is 2.03. The normalized spacial score (nSPS) is 10.0. The molecule has 0 heterocycles. The third-order valence-electron chi connectivity index (χ3n) is 1.87. The summed E-state index contributed by atoms with van der Waals surface area (Å²) in [6.07, 6.45) is 0.731. The molecular weight excluding hydrogens is 172 g/mol. The molecule has 1 atom stereocenters. The predicted octanol–water partition coefficient (Wildman–Crippen LogP) is 1.93. The van der Waals surface area contributed by atoms with Gasteiger partial charge in [0, 0.05) is 12.7 Å². The van der Waals surface area contributed by atoms with Crippen molar-refractivity contribution in [3.63, 3.8) is 0 Å². The SMILES string of the molecule is CCc1c(F)cc(NC)cc1P. The minimum atomic E-state index is -0.130. The van der Waals surface area contributed by atoms with Crippen LogP contribution in [0.25, 0.3) is 0 Å². The first kappa shape index (κ1) is 9.47. The first-order valence-electron chi connectivity index (χ1n) is 3.94. The summed E-state index contributed by atoms with van der Waals surface area (Å²) in [6, 6.07) is 3.44. The van der Waals surface area contributed by atoms with Crippen LogP contribution in [0, 0.1) is 5.82 Å². The van der Waals surface area contributed by atoms with Crippen molar-refractivity contribution in [1.82, 2.24) is 0 Å². The van der Waals surface area contributed by atoms with Crippen molar-refractivity contribution in [1.29, 1.82) is 0 Å². The van der Waals surface area contributed by atoms with E-state index >= 15 is 0 Å². The van der Waals surface area contributed by atoms with Gasteiger partial charge in [-0.05, 0) is 29.4 Å². The zero-order valence-electron chi connectivity index (χ0n) is 7.32. The van der Waals surface area contributed by atoms with Gasteiger partial charge in [-0.2, -0.15) is 0 Å². The van der Waals surface area contributed by atoms with Gasteiger partial charge in [0.15, 0.2) is 0 Å². The lowest BCUT2D eigenvalue weighted by Gasteiger charge is -2.07. The molecular formula is C9H13FNP. The molecule has 0 amide bonds. The molecule has 1 nitrogen and oxygen atoms in total. The number of benzene rings is 1. The van der Waals surface area contributed by atoms with Crippen molar-refractivity contribution >= 4 is 20.2 Å². The molecule has 1 unspecified atom stereocenters. The molecule has 0 aliphatic heterocycles. The van der Waals surface area contributed by atoms with Crippen molar-refractivity contribution in [2.24, 2.45) is 0 Å². The van der Waals surface area contributed by atoms with E-state index in [2.05, 4.69) is 14.6 Å². The Morgan fingerprint density at radius 1 is 1.50 bits per heavy atom. The summed E-state index contributed by atoms with van der Waals surface area (Å²) >= 11 is 0. The van der Waals surface area contributed by atoms with Gasteiger partial charge in [-0.1, -0.05) is 6.92 Å². The summed E-state index contributed by atoms with van der Waals surface area (Å²) in [6.45, 7) is 1.95. The molecule has 0 fully saturated rings. The maximum Gasteiger partial charge on any atom is 0.129 e. The van der Waals surface area contributed by atoms with Gasteiger partial charge in [0.2, 0.25) is 0 Å². The lowest BCUT2D eigenvalue weighted by atomic mass is 10.1. The summed E-state index contributed by atoms with van der Waals surface area (Å²) < 4.78 is 13.2. The second-order valence-electron chi connectivity index (χ2n) is 2.63. The fourth-order valence-electron chi connectivity index (χ4n) is 1.18. The van der Waals surface area contributed by atoms with Crippen LogP contribution in [0.15, 0.2) is 12.1 Å². The van der Waals surface area contributed by atoms with Gasteiger partial charge in [0.1, 0.15) is 5.82 Å². The topological polar surface area (TPSA) is 12.0 Å². The predicted molar refractivity (Wildman–Crippen MR) is 54.7 cm³/mol. The second kappa shape index (κ2) is 3.86. The van der Waals surface area contributed by atoms with E-state index in [0.717, 1.165) is 23.0 Å². The molecule has 1 aromatic carbocycles. The zero-order chi connectivity index (χ0) is 9.14. The van der Waals surface area contributed by atoms with Gasteiger partial charge in [-0.3, -0.25) is 0 Å². The summed E-state index contributed by atoms with van der Waals surface area (Å²) in [7, 11) is 4.33. The molecule has 3 heteroatoms. The van der Waals surface area contributed by atoms with Crippen molar-refractivity contribution in [3.8, 4) is 0 Å². The second-order valence-corrected chi connectivity index (χ2v) is 3.25. The number of anilines is 1. The van der Waals surface area contributed by atoms with Gasteiger partial charge in [0.05, 0.1) is 0 Å². The maximum atomic E-state index is 13.2. The number of halogens is 1. The molecule has 0 spiro atoms. The number of rotatable bonds is 2. The highest BCUT2D eigenvalue weighted by Crippen LogP contribution is 2.14. The monoisotopic (exact) mass is 185 g/mol. The molecule has 1 aromatic rings. The minimum absolute atomic E-state index is 0.130. The lowest BCUT2D eigenvalue weighted by Crippen LogP contribution is -2.06. The Labute approximate surface area is 74.6 Å². The molecule has 0 saturated heterocycles. The first-order chi connectivity index (χ1) is 5.69. The highest BCUT2D eigenvalue weighted by Gasteiger charge is 2.04. The summed E-state index contributed by atoms with van der Waals surface area (Å²) in [5, 5.41) is 3.84. The van der Waals surface area contributed by atoms with Crippen LogP contribution in [-0.2, 0) is 6.42 Å². The molecule has 0 radical (unpaired) electrons. The Morgan fingerprint density at radius 2 is 2.17 bits per heavy atom. The van der Waals surface area contributed by atoms with Crippen LogP contribution in [0.3, 0.4) is 0 Å². The lowest BCUT2D eigenvalue weighted by molar-refractivity contribution is 0.614. The third-order valence-corrected chi connectivity index (χ3v) is 2.39. The highest BCUT2D eigenvalue weighted by molar-refractivity contribution is 7.27. The van der Waals surface area contributed by atoms with Gasteiger partial charge >= 0.3 is 0 Å². The van der Waals surface area contributed by atoms with E-state index in [9.17, 15) is 4.39 Å². The fourth-order valence-corrected chi connectivity index (χ4v) is 1.70. The standard InChI is InChI=1S/C9H13FNP/c1-3-7-8(10)4-6(11-2)5-9(7)12/h4-5,11H,3,12H2,1-2H3. The molecule has 0 aliphatic rings. The molecule has 0 saturated carbocycles. The molecule has 0 aliphatic carbocycles. The zero-order valence-corrected chi connectivity index (χ0v) is 8.47. The molecule has 66 valence electrons. The molecule has 0 aromatic heterocycles. The van der Waals surface area contributed by atoms with Crippen LogP contribution in [-0.4, -0.2) is 7.05 Å². The van der Waals surface area contributed by atoms with Gasteiger partial charge in [-0.15, -0.1) is 9.24 Å².